The molecule has 9 heteroatoms. The minimum atomic E-state index is -4.01. The molecule has 3 aromatic rings. The van der Waals surface area contributed by atoms with E-state index in [1.54, 1.807) is 18.2 Å². The van der Waals surface area contributed by atoms with Gasteiger partial charge in [0.2, 0.25) is 0 Å². The van der Waals surface area contributed by atoms with Gasteiger partial charge in [-0.3, -0.25) is 9.71 Å². The first kappa shape index (κ1) is 17.0. The number of aromatic amines is 1. The van der Waals surface area contributed by atoms with E-state index < -0.39 is 15.8 Å². The van der Waals surface area contributed by atoms with Gasteiger partial charge in [-0.1, -0.05) is 11.6 Å². The molecule has 2 aromatic heterocycles. The zero-order chi connectivity index (χ0) is 18.0. The third-order valence-electron chi connectivity index (χ3n) is 3.31. The lowest BCUT2D eigenvalue weighted by Crippen LogP contribution is -2.13. The number of halogens is 2. The van der Waals surface area contributed by atoms with Crippen LogP contribution < -0.4 is 4.72 Å². The Kier molecular flexibility index (Phi) is 4.44. The number of H-pyrrole nitrogens is 1. The molecule has 3 rings (SSSR count). The van der Waals surface area contributed by atoms with Crippen molar-refractivity contribution >= 4 is 27.3 Å². The topological polar surface area (TPSA) is 98.6 Å². The maximum absolute atomic E-state index is 13.9. The maximum atomic E-state index is 13.9. The molecule has 6 nitrogen and oxygen atoms in total. The van der Waals surface area contributed by atoms with Crippen LogP contribution in [-0.2, 0) is 10.0 Å². The third kappa shape index (κ3) is 3.63. The monoisotopic (exact) mass is 376 g/mol. The van der Waals surface area contributed by atoms with Gasteiger partial charge in [0.15, 0.2) is 0 Å². The first-order chi connectivity index (χ1) is 11.9. The summed E-state index contributed by atoms with van der Waals surface area (Å²) in [6.07, 6.45) is 2.71. The van der Waals surface area contributed by atoms with Crippen LogP contribution in [0.15, 0.2) is 53.7 Å². The van der Waals surface area contributed by atoms with Gasteiger partial charge in [0.1, 0.15) is 10.7 Å². The largest absolute Gasteiger partial charge is 0.359 e. The number of benzene rings is 1. The van der Waals surface area contributed by atoms with E-state index in [4.69, 9.17) is 16.9 Å². The molecule has 2 N–H and O–H groups in total. The van der Waals surface area contributed by atoms with Crippen molar-refractivity contribution < 1.29 is 12.8 Å². The molecule has 0 aliphatic rings. The molecule has 0 aliphatic carbocycles. The van der Waals surface area contributed by atoms with Gasteiger partial charge in [-0.2, -0.15) is 5.26 Å². The summed E-state index contributed by atoms with van der Waals surface area (Å²) in [5.74, 6) is -0.835. The highest BCUT2D eigenvalue weighted by atomic mass is 35.5. The summed E-state index contributed by atoms with van der Waals surface area (Å²) < 4.78 is 40.8. The zero-order valence-electron chi connectivity index (χ0n) is 12.5. The molecule has 1 aromatic carbocycles. The predicted octanol–water partition coefficient (Wildman–Crippen LogP) is 3.54. The lowest BCUT2D eigenvalue weighted by Gasteiger charge is -2.07. The van der Waals surface area contributed by atoms with E-state index in [1.165, 1.54) is 30.6 Å². The molecule has 0 atom stereocenters. The van der Waals surface area contributed by atoms with Gasteiger partial charge in [0, 0.05) is 12.4 Å². The summed E-state index contributed by atoms with van der Waals surface area (Å²) in [5.41, 5.74) is 0.831. The van der Waals surface area contributed by atoms with Gasteiger partial charge < -0.3 is 4.98 Å². The van der Waals surface area contributed by atoms with Gasteiger partial charge >= 0.3 is 0 Å². The average Bonchev–Trinajstić information content (AvgIpc) is 3.08. The number of nitriles is 1. The normalized spacial score (nSPS) is 11.1. The van der Waals surface area contributed by atoms with Crippen LogP contribution in [0.4, 0.5) is 10.1 Å². The van der Waals surface area contributed by atoms with Crippen LogP contribution in [0, 0.1) is 17.1 Å². The minimum Gasteiger partial charge on any atom is -0.359 e. The highest BCUT2D eigenvalue weighted by Crippen LogP contribution is 2.24. The molecule has 0 bridgehead atoms. The van der Waals surface area contributed by atoms with Crippen LogP contribution in [0.5, 0.6) is 0 Å². The third-order valence-corrected chi connectivity index (χ3v) is 4.88. The standard InChI is InChI=1S/C16H10ClFN4O2S/c17-11-2-4-15(20-8-11)16-6-12(9-21-16)25(23,24)22-14-3-1-10(7-19)5-13(14)18/h1-6,8-9,21-22H. The Labute approximate surface area is 148 Å². The lowest BCUT2D eigenvalue weighted by molar-refractivity contribution is 0.598. The summed E-state index contributed by atoms with van der Waals surface area (Å²) in [7, 11) is -4.01. The number of rotatable bonds is 4. The first-order valence-electron chi connectivity index (χ1n) is 6.92. The van der Waals surface area contributed by atoms with E-state index in [0.717, 1.165) is 6.07 Å². The first-order valence-corrected chi connectivity index (χ1v) is 8.78. The number of pyridine rings is 1. The van der Waals surface area contributed by atoms with Crippen LogP contribution in [0.2, 0.25) is 5.02 Å². The molecule has 0 amide bonds. The van der Waals surface area contributed by atoms with Gasteiger partial charge in [0.05, 0.1) is 33.7 Å². The zero-order valence-corrected chi connectivity index (χ0v) is 14.1. The van der Waals surface area contributed by atoms with Gasteiger partial charge in [0.25, 0.3) is 10.0 Å². The second-order valence-electron chi connectivity index (χ2n) is 5.02. The van der Waals surface area contributed by atoms with Crippen LogP contribution in [-0.4, -0.2) is 18.4 Å². The van der Waals surface area contributed by atoms with Crippen LogP contribution in [0.1, 0.15) is 5.56 Å². The summed E-state index contributed by atoms with van der Waals surface area (Å²) in [4.78, 5) is 6.82. The van der Waals surface area contributed by atoms with E-state index in [0.29, 0.717) is 16.4 Å². The van der Waals surface area contributed by atoms with Crippen molar-refractivity contribution in [1.29, 1.82) is 5.26 Å². The number of anilines is 1. The molecular formula is C16H10ClFN4O2S. The van der Waals surface area contributed by atoms with Gasteiger partial charge in [-0.05, 0) is 36.4 Å². The Morgan fingerprint density at radius 2 is 2.04 bits per heavy atom. The van der Waals surface area contributed by atoms with Crippen molar-refractivity contribution in [2.75, 3.05) is 4.72 Å². The number of hydrogen-bond acceptors (Lipinski definition) is 4. The number of nitrogens with one attached hydrogen (secondary N) is 2. The molecule has 0 saturated heterocycles. The van der Waals surface area contributed by atoms with Crippen molar-refractivity contribution in [1.82, 2.24) is 9.97 Å². The summed E-state index contributed by atoms with van der Waals surface area (Å²) in [5, 5.41) is 9.18. The maximum Gasteiger partial charge on any atom is 0.263 e. The van der Waals surface area contributed by atoms with E-state index >= 15 is 0 Å². The fourth-order valence-corrected chi connectivity index (χ4v) is 3.26. The highest BCUT2D eigenvalue weighted by Gasteiger charge is 2.19. The van der Waals surface area contributed by atoms with E-state index in [2.05, 4.69) is 14.7 Å². The molecule has 0 radical (unpaired) electrons. The van der Waals surface area contributed by atoms with E-state index in [9.17, 15) is 12.8 Å². The second kappa shape index (κ2) is 6.55. The molecule has 2 heterocycles. The lowest BCUT2D eigenvalue weighted by atomic mass is 10.2. The Bertz CT molecular complexity index is 1070. The van der Waals surface area contributed by atoms with Crippen LogP contribution >= 0.6 is 11.6 Å². The number of aromatic nitrogens is 2. The molecule has 25 heavy (non-hydrogen) atoms. The fourth-order valence-electron chi connectivity index (χ4n) is 2.08. The van der Waals surface area contributed by atoms with Crippen molar-refractivity contribution in [3.63, 3.8) is 0 Å². The predicted molar refractivity (Wildman–Crippen MR) is 91.0 cm³/mol. The summed E-state index contributed by atoms with van der Waals surface area (Å²) in [6, 6.07) is 9.89. The molecule has 0 saturated carbocycles. The number of hydrogen-bond donors (Lipinski definition) is 2. The molecule has 126 valence electrons. The van der Waals surface area contributed by atoms with E-state index in [1.807, 2.05) is 0 Å². The van der Waals surface area contributed by atoms with Gasteiger partial charge in [-0.25, -0.2) is 12.8 Å². The minimum absolute atomic E-state index is 0.0805. The van der Waals surface area contributed by atoms with Crippen molar-refractivity contribution in [2.24, 2.45) is 0 Å². The van der Waals surface area contributed by atoms with E-state index in [-0.39, 0.29) is 16.1 Å². The molecule has 0 unspecified atom stereocenters. The SMILES string of the molecule is N#Cc1ccc(NS(=O)(=O)c2c[nH]c(-c3ccc(Cl)cn3)c2)c(F)c1. The summed E-state index contributed by atoms with van der Waals surface area (Å²) >= 11 is 5.77. The second-order valence-corrected chi connectivity index (χ2v) is 7.14. The summed E-state index contributed by atoms with van der Waals surface area (Å²) in [6.45, 7) is 0. The Morgan fingerprint density at radius 3 is 2.68 bits per heavy atom. The molecule has 0 fully saturated rings. The van der Waals surface area contributed by atoms with Crippen molar-refractivity contribution in [2.45, 2.75) is 4.90 Å². The van der Waals surface area contributed by atoms with Crippen molar-refractivity contribution in [3.8, 4) is 17.5 Å². The quantitative estimate of drug-likeness (QED) is 0.727. The Balaban J connectivity index is 1.88. The van der Waals surface area contributed by atoms with Crippen LogP contribution in [0.3, 0.4) is 0 Å². The number of nitrogens with zero attached hydrogens (tertiary/aromatic N) is 2. The molecular weight excluding hydrogens is 367 g/mol. The number of sulfonamides is 1. The van der Waals surface area contributed by atoms with Gasteiger partial charge in [-0.15, -0.1) is 0 Å². The van der Waals surface area contributed by atoms with Crippen molar-refractivity contribution in [3.05, 3.63) is 65.2 Å². The molecule has 0 aliphatic heterocycles. The Hall–Kier alpha value is -2.89. The average molecular weight is 377 g/mol. The smallest absolute Gasteiger partial charge is 0.263 e. The highest BCUT2D eigenvalue weighted by molar-refractivity contribution is 7.92. The van der Waals surface area contributed by atoms with Crippen LogP contribution in [0.25, 0.3) is 11.4 Å². The molecule has 0 spiro atoms. The Morgan fingerprint density at radius 1 is 1.24 bits per heavy atom. The fraction of sp³-hybridized carbons (Fsp3) is 0.